The summed E-state index contributed by atoms with van der Waals surface area (Å²) in [6.07, 6.45) is -1.76. The van der Waals surface area contributed by atoms with Gasteiger partial charge in [0.1, 0.15) is 17.3 Å². The number of hydrogen-bond acceptors (Lipinski definition) is 4. The number of halogens is 6. The van der Waals surface area contributed by atoms with E-state index in [4.69, 9.17) is 10.00 Å². The summed E-state index contributed by atoms with van der Waals surface area (Å²) in [6, 6.07) is 2.17. The smallest absolute Gasteiger partial charge is 0.416 e. The highest BCUT2D eigenvalue weighted by molar-refractivity contribution is 8.13. The number of aryl methyl sites for hydroxylation is 1. The summed E-state index contributed by atoms with van der Waals surface area (Å²) in [5, 5.41) is 10.9. The van der Waals surface area contributed by atoms with Gasteiger partial charge in [-0.05, 0) is 36.9 Å². The lowest BCUT2D eigenvalue weighted by atomic mass is 10.1. The summed E-state index contributed by atoms with van der Waals surface area (Å²) in [4.78, 5) is 3.86. The first-order valence-electron chi connectivity index (χ1n) is 7.38. The SMILES string of the molecule is CSC(=Nc1cc(Oc2c(F)cc(C(F)(F)F)cc2F)c(C)cc1F)NC#N. The molecule has 0 saturated heterocycles. The van der Waals surface area contributed by atoms with Crippen LogP contribution in [-0.4, -0.2) is 11.4 Å². The molecule has 4 nitrogen and oxygen atoms in total. The van der Waals surface area contributed by atoms with E-state index in [0.29, 0.717) is 0 Å². The second-order valence-electron chi connectivity index (χ2n) is 5.30. The van der Waals surface area contributed by atoms with Crippen molar-refractivity contribution in [3.8, 4) is 17.7 Å². The van der Waals surface area contributed by atoms with E-state index in [2.05, 4.69) is 10.3 Å². The van der Waals surface area contributed by atoms with Gasteiger partial charge in [0.05, 0.1) is 5.56 Å². The zero-order valence-electron chi connectivity index (χ0n) is 14.3. The van der Waals surface area contributed by atoms with Crippen LogP contribution in [0.5, 0.6) is 11.5 Å². The standard InChI is InChI=1S/C17H11F6N3OS/c1-8-3-10(18)13(26-16(28-2)25-7-24)6-14(8)27-15-11(19)4-9(5-12(15)20)17(21,22)23/h3-6H,1-2H3,(H,25,26). The molecule has 0 heterocycles. The lowest BCUT2D eigenvalue weighted by Gasteiger charge is -2.14. The number of ether oxygens (including phenoxy) is 1. The number of amidine groups is 1. The van der Waals surface area contributed by atoms with Crippen molar-refractivity contribution in [2.24, 2.45) is 4.99 Å². The molecule has 0 aliphatic carbocycles. The van der Waals surface area contributed by atoms with Crippen LogP contribution >= 0.6 is 11.8 Å². The van der Waals surface area contributed by atoms with Crippen molar-refractivity contribution in [2.75, 3.05) is 6.26 Å². The fourth-order valence-corrected chi connectivity index (χ4v) is 2.39. The van der Waals surface area contributed by atoms with Crippen LogP contribution in [0, 0.1) is 35.8 Å². The maximum absolute atomic E-state index is 14.1. The molecule has 0 bridgehead atoms. The minimum atomic E-state index is -4.93. The number of nitriles is 1. The van der Waals surface area contributed by atoms with Crippen molar-refractivity contribution in [1.29, 1.82) is 5.26 Å². The van der Waals surface area contributed by atoms with Crippen molar-refractivity contribution in [1.82, 2.24) is 5.32 Å². The molecule has 0 aromatic heterocycles. The van der Waals surface area contributed by atoms with Crippen LogP contribution in [-0.2, 0) is 6.18 Å². The van der Waals surface area contributed by atoms with E-state index in [1.54, 1.807) is 12.4 Å². The van der Waals surface area contributed by atoms with Crippen LogP contribution < -0.4 is 10.1 Å². The van der Waals surface area contributed by atoms with Gasteiger partial charge in [0.25, 0.3) is 0 Å². The molecule has 0 atom stereocenters. The van der Waals surface area contributed by atoms with Gasteiger partial charge in [-0.2, -0.15) is 18.4 Å². The maximum Gasteiger partial charge on any atom is 0.416 e. The number of nitrogens with one attached hydrogen (secondary N) is 1. The van der Waals surface area contributed by atoms with Crippen molar-refractivity contribution in [3.05, 3.63) is 52.8 Å². The van der Waals surface area contributed by atoms with E-state index in [-0.39, 0.29) is 34.3 Å². The van der Waals surface area contributed by atoms with Gasteiger partial charge in [-0.25, -0.2) is 18.2 Å². The lowest BCUT2D eigenvalue weighted by Crippen LogP contribution is -2.12. The highest BCUT2D eigenvalue weighted by Crippen LogP contribution is 2.37. The maximum atomic E-state index is 14.1. The molecular formula is C17H11F6N3OS. The minimum absolute atomic E-state index is 0.0445. The Balaban J connectivity index is 2.48. The third-order valence-electron chi connectivity index (χ3n) is 3.36. The van der Waals surface area contributed by atoms with Crippen LogP contribution in [0.2, 0.25) is 0 Å². The van der Waals surface area contributed by atoms with E-state index in [1.807, 2.05) is 0 Å². The summed E-state index contributed by atoms with van der Waals surface area (Å²) < 4.78 is 85.0. The highest BCUT2D eigenvalue weighted by Gasteiger charge is 2.33. The van der Waals surface area contributed by atoms with Gasteiger partial charge in [0, 0.05) is 6.07 Å². The molecule has 0 unspecified atom stereocenters. The van der Waals surface area contributed by atoms with Gasteiger partial charge in [0.2, 0.25) is 0 Å². The summed E-state index contributed by atoms with van der Waals surface area (Å²) in [6.45, 7) is 1.37. The fourth-order valence-electron chi connectivity index (χ4n) is 2.05. The van der Waals surface area contributed by atoms with E-state index in [1.165, 1.54) is 6.92 Å². The zero-order chi connectivity index (χ0) is 21.1. The molecule has 0 aliphatic rings. The first-order chi connectivity index (χ1) is 13.1. The Kier molecular flexibility index (Phi) is 6.45. The number of aliphatic imine (C=N–C) groups is 1. The van der Waals surface area contributed by atoms with E-state index < -0.39 is 34.9 Å². The molecule has 2 aromatic carbocycles. The predicted molar refractivity (Wildman–Crippen MR) is 91.9 cm³/mol. The first-order valence-corrected chi connectivity index (χ1v) is 8.61. The van der Waals surface area contributed by atoms with Crippen molar-refractivity contribution >= 4 is 22.6 Å². The molecular weight excluding hydrogens is 408 g/mol. The molecule has 28 heavy (non-hydrogen) atoms. The average Bonchev–Trinajstić information content (AvgIpc) is 2.59. The Bertz CT molecular complexity index is 946. The Hall–Kier alpha value is -2.87. The average molecular weight is 419 g/mol. The van der Waals surface area contributed by atoms with Crippen molar-refractivity contribution in [2.45, 2.75) is 13.1 Å². The van der Waals surface area contributed by atoms with Crippen LogP contribution in [0.4, 0.5) is 32.0 Å². The number of hydrogen-bond donors (Lipinski definition) is 1. The zero-order valence-corrected chi connectivity index (χ0v) is 15.1. The first kappa shape index (κ1) is 21.4. The molecule has 0 amide bonds. The minimum Gasteiger partial charge on any atom is -0.451 e. The topological polar surface area (TPSA) is 57.4 Å². The third-order valence-corrected chi connectivity index (χ3v) is 3.94. The molecule has 0 fully saturated rings. The van der Waals surface area contributed by atoms with Crippen LogP contribution in [0.25, 0.3) is 0 Å². The Morgan fingerprint density at radius 2 is 1.71 bits per heavy atom. The highest BCUT2D eigenvalue weighted by atomic mass is 32.2. The van der Waals surface area contributed by atoms with Crippen molar-refractivity contribution < 1.29 is 31.1 Å². The number of thioether (sulfide) groups is 1. The second kappa shape index (κ2) is 8.43. The number of benzene rings is 2. The monoisotopic (exact) mass is 419 g/mol. The second-order valence-corrected chi connectivity index (χ2v) is 6.09. The van der Waals surface area contributed by atoms with Crippen molar-refractivity contribution in [3.63, 3.8) is 0 Å². The van der Waals surface area contributed by atoms with Gasteiger partial charge < -0.3 is 4.74 Å². The number of alkyl halides is 3. The summed E-state index contributed by atoms with van der Waals surface area (Å²) in [5.41, 5.74) is -1.70. The Morgan fingerprint density at radius 1 is 1.11 bits per heavy atom. The van der Waals surface area contributed by atoms with Crippen LogP contribution in [0.3, 0.4) is 0 Å². The molecule has 148 valence electrons. The summed E-state index contributed by atoms with van der Waals surface area (Å²) in [7, 11) is 0. The number of rotatable bonds is 3. The molecule has 0 saturated carbocycles. The van der Waals surface area contributed by atoms with E-state index in [9.17, 15) is 26.3 Å². The Labute approximate surface area is 159 Å². The normalized spacial score (nSPS) is 11.9. The van der Waals surface area contributed by atoms with Gasteiger partial charge in [-0.15, -0.1) is 0 Å². The quantitative estimate of drug-likeness (QED) is 0.230. The van der Waals surface area contributed by atoms with E-state index in [0.717, 1.165) is 23.9 Å². The molecule has 11 heteroatoms. The molecule has 0 spiro atoms. The molecule has 2 aromatic rings. The molecule has 2 rings (SSSR count). The molecule has 0 aliphatic heterocycles. The third kappa shape index (κ3) is 4.89. The van der Waals surface area contributed by atoms with Crippen LogP contribution in [0.15, 0.2) is 29.3 Å². The van der Waals surface area contributed by atoms with Gasteiger partial charge >= 0.3 is 6.18 Å². The van der Waals surface area contributed by atoms with Crippen LogP contribution in [0.1, 0.15) is 11.1 Å². The molecule has 1 N–H and O–H groups in total. The summed E-state index contributed by atoms with van der Waals surface area (Å²) >= 11 is 1.00. The fraction of sp³-hybridized carbons (Fsp3) is 0.176. The van der Waals surface area contributed by atoms with Gasteiger partial charge in [-0.1, -0.05) is 11.8 Å². The summed E-state index contributed by atoms with van der Waals surface area (Å²) in [5.74, 6) is -5.24. The van der Waals surface area contributed by atoms with Gasteiger partial charge in [0.15, 0.2) is 28.7 Å². The molecule has 0 radical (unpaired) electrons. The lowest BCUT2D eigenvalue weighted by molar-refractivity contribution is -0.138. The Morgan fingerprint density at radius 3 is 2.21 bits per heavy atom. The largest absolute Gasteiger partial charge is 0.451 e. The number of nitrogens with zero attached hydrogens (tertiary/aromatic N) is 2. The van der Waals surface area contributed by atoms with E-state index >= 15 is 0 Å². The predicted octanol–water partition coefficient (Wildman–Crippen LogP) is 5.64. The van der Waals surface area contributed by atoms with Gasteiger partial charge in [-0.3, -0.25) is 5.32 Å².